The fourth-order valence-electron chi connectivity index (χ4n) is 2.23. The van der Waals surface area contributed by atoms with Gasteiger partial charge in [-0.05, 0) is 34.9 Å². The number of esters is 1. The van der Waals surface area contributed by atoms with Crippen LogP contribution in [0.5, 0.6) is 0 Å². The fourth-order valence-corrected chi connectivity index (χ4v) is 2.85. The molecule has 0 saturated carbocycles. The van der Waals surface area contributed by atoms with Crippen molar-refractivity contribution in [1.82, 2.24) is 4.98 Å². The number of hydrogen-bond donors (Lipinski definition) is 0. The molecule has 0 spiro atoms. The first-order valence-electron chi connectivity index (χ1n) is 7.11. The summed E-state index contributed by atoms with van der Waals surface area (Å²) < 4.78 is 4.74. The molecule has 4 heteroatoms. The minimum atomic E-state index is -0.326. The SMILES string of the molecule is COC(=O)c1cccc(/C=C/c2cccc(-c3cncs3)c2)c1. The van der Waals surface area contributed by atoms with E-state index in [1.54, 1.807) is 17.4 Å². The molecule has 0 unspecified atom stereocenters. The van der Waals surface area contributed by atoms with Crippen molar-refractivity contribution in [1.29, 1.82) is 0 Å². The smallest absolute Gasteiger partial charge is 0.337 e. The minimum Gasteiger partial charge on any atom is -0.465 e. The standard InChI is InChI=1S/C19H15NO2S/c1-22-19(21)17-7-3-5-15(11-17)9-8-14-4-2-6-16(10-14)18-12-20-13-23-18/h2-13H,1H3/b9-8+. The van der Waals surface area contributed by atoms with E-state index in [2.05, 4.69) is 17.1 Å². The number of ether oxygens (including phenoxy) is 1. The molecule has 3 aromatic rings. The number of rotatable bonds is 4. The van der Waals surface area contributed by atoms with E-state index in [4.69, 9.17) is 4.74 Å². The van der Waals surface area contributed by atoms with Gasteiger partial charge in [-0.15, -0.1) is 11.3 Å². The third-order valence-electron chi connectivity index (χ3n) is 3.38. The van der Waals surface area contributed by atoms with E-state index in [1.165, 1.54) is 7.11 Å². The molecule has 1 aromatic heterocycles. The highest BCUT2D eigenvalue weighted by Crippen LogP contribution is 2.24. The van der Waals surface area contributed by atoms with Crippen molar-refractivity contribution >= 4 is 29.5 Å². The third kappa shape index (κ3) is 3.73. The molecule has 0 fully saturated rings. The second-order valence-electron chi connectivity index (χ2n) is 4.94. The van der Waals surface area contributed by atoms with Crippen molar-refractivity contribution in [3.8, 4) is 10.4 Å². The lowest BCUT2D eigenvalue weighted by Crippen LogP contribution is -2.00. The van der Waals surface area contributed by atoms with Gasteiger partial charge in [-0.1, -0.05) is 42.5 Å². The topological polar surface area (TPSA) is 39.2 Å². The Kier molecular flexibility index (Phi) is 4.64. The third-order valence-corrected chi connectivity index (χ3v) is 4.20. The number of thiazole rings is 1. The van der Waals surface area contributed by atoms with Crippen LogP contribution in [0.2, 0.25) is 0 Å². The Bertz CT molecular complexity index is 838. The van der Waals surface area contributed by atoms with Crippen LogP contribution in [0.3, 0.4) is 0 Å². The van der Waals surface area contributed by atoms with Gasteiger partial charge in [0.1, 0.15) is 0 Å². The van der Waals surface area contributed by atoms with Gasteiger partial charge in [0.25, 0.3) is 0 Å². The average Bonchev–Trinajstić information content (AvgIpc) is 3.14. The average molecular weight is 321 g/mol. The summed E-state index contributed by atoms with van der Waals surface area (Å²) in [5, 5.41) is 0. The summed E-state index contributed by atoms with van der Waals surface area (Å²) in [6.07, 6.45) is 5.88. The van der Waals surface area contributed by atoms with Crippen LogP contribution in [0, 0.1) is 0 Å². The molecule has 0 bridgehead atoms. The molecule has 23 heavy (non-hydrogen) atoms. The summed E-state index contributed by atoms with van der Waals surface area (Å²) in [4.78, 5) is 16.8. The predicted octanol–water partition coefficient (Wildman–Crippen LogP) is 4.77. The highest BCUT2D eigenvalue weighted by molar-refractivity contribution is 7.13. The Morgan fingerprint density at radius 3 is 2.52 bits per heavy atom. The van der Waals surface area contributed by atoms with E-state index in [9.17, 15) is 4.79 Å². The van der Waals surface area contributed by atoms with Crippen molar-refractivity contribution in [3.05, 3.63) is 76.9 Å². The zero-order valence-corrected chi connectivity index (χ0v) is 13.4. The summed E-state index contributed by atoms with van der Waals surface area (Å²) in [7, 11) is 1.38. The van der Waals surface area contributed by atoms with Crippen LogP contribution in [-0.2, 0) is 4.74 Å². The number of benzene rings is 2. The highest BCUT2D eigenvalue weighted by Gasteiger charge is 2.04. The van der Waals surface area contributed by atoms with Crippen LogP contribution in [0.25, 0.3) is 22.6 Å². The molecule has 0 N–H and O–H groups in total. The molecule has 0 atom stereocenters. The molecular weight excluding hydrogens is 306 g/mol. The van der Waals surface area contributed by atoms with Gasteiger partial charge in [-0.2, -0.15) is 0 Å². The van der Waals surface area contributed by atoms with Gasteiger partial charge in [0.05, 0.1) is 23.1 Å². The van der Waals surface area contributed by atoms with Crippen LogP contribution in [-0.4, -0.2) is 18.1 Å². The molecule has 3 nitrogen and oxygen atoms in total. The van der Waals surface area contributed by atoms with E-state index >= 15 is 0 Å². The largest absolute Gasteiger partial charge is 0.465 e. The van der Waals surface area contributed by atoms with E-state index in [0.29, 0.717) is 5.56 Å². The van der Waals surface area contributed by atoms with Gasteiger partial charge in [0.15, 0.2) is 0 Å². The van der Waals surface area contributed by atoms with Crippen LogP contribution in [0.15, 0.2) is 60.2 Å². The highest BCUT2D eigenvalue weighted by atomic mass is 32.1. The number of nitrogens with zero attached hydrogens (tertiary/aromatic N) is 1. The van der Waals surface area contributed by atoms with Crippen LogP contribution >= 0.6 is 11.3 Å². The van der Waals surface area contributed by atoms with Gasteiger partial charge in [0, 0.05) is 6.20 Å². The molecule has 0 amide bonds. The molecule has 3 rings (SSSR count). The summed E-state index contributed by atoms with van der Waals surface area (Å²) >= 11 is 1.62. The predicted molar refractivity (Wildman–Crippen MR) is 94.3 cm³/mol. The van der Waals surface area contributed by atoms with Crippen LogP contribution in [0.1, 0.15) is 21.5 Å². The summed E-state index contributed by atoms with van der Waals surface area (Å²) in [6.45, 7) is 0. The van der Waals surface area contributed by atoms with Gasteiger partial charge in [-0.3, -0.25) is 4.98 Å². The van der Waals surface area contributed by atoms with Gasteiger partial charge >= 0.3 is 5.97 Å². The summed E-state index contributed by atoms with van der Waals surface area (Å²) in [5.41, 5.74) is 5.58. The maximum atomic E-state index is 11.6. The monoisotopic (exact) mass is 321 g/mol. The Morgan fingerprint density at radius 2 is 1.83 bits per heavy atom. The number of aromatic nitrogens is 1. The van der Waals surface area contributed by atoms with Crippen LogP contribution < -0.4 is 0 Å². The van der Waals surface area contributed by atoms with E-state index in [-0.39, 0.29) is 5.97 Å². The first-order valence-corrected chi connectivity index (χ1v) is 7.99. The van der Waals surface area contributed by atoms with Crippen molar-refractivity contribution in [2.75, 3.05) is 7.11 Å². The maximum absolute atomic E-state index is 11.6. The Balaban J connectivity index is 1.83. The van der Waals surface area contributed by atoms with Gasteiger partial charge in [0.2, 0.25) is 0 Å². The molecule has 114 valence electrons. The number of carbonyl (C=O) groups excluding carboxylic acids is 1. The molecule has 1 heterocycles. The summed E-state index contributed by atoms with van der Waals surface area (Å²) in [6, 6.07) is 15.6. The van der Waals surface area contributed by atoms with Crippen molar-refractivity contribution in [3.63, 3.8) is 0 Å². The lowest BCUT2D eigenvalue weighted by atomic mass is 10.1. The molecule has 0 aliphatic carbocycles. The maximum Gasteiger partial charge on any atom is 0.337 e. The van der Waals surface area contributed by atoms with E-state index in [0.717, 1.165) is 21.6 Å². The molecule has 0 saturated heterocycles. The Hall–Kier alpha value is -2.72. The molecule has 2 aromatic carbocycles. The van der Waals surface area contributed by atoms with E-state index < -0.39 is 0 Å². The zero-order chi connectivity index (χ0) is 16.1. The van der Waals surface area contributed by atoms with E-state index in [1.807, 2.05) is 54.2 Å². The second kappa shape index (κ2) is 7.03. The lowest BCUT2D eigenvalue weighted by molar-refractivity contribution is 0.0600. The molecular formula is C19H15NO2S. The van der Waals surface area contributed by atoms with Crippen molar-refractivity contribution < 1.29 is 9.53 Å². The fraction of sp³-hybridized carbons (Fsp3) is 0.0526. The van der Waals surface area contributed by atoms with Crippen LogP contribution in [0.4, 0.5) is 0 Å². The zero-order valence-electron chi connectivity index (χ0n) is 12.6. The molecule has 0 aliphatic rings. The van der Waals surface area contributed by atoms with Gasteiger partial charge < -0.3 is 4.74 Å². The summed E-state index contributed by atoms with van der Waals surface area (Å²) in [5.74, 6) is -0.326. The van der Waals surface area contributed by atoms with Crippen molar-refractivity contribution in [2.45, 2.75) is 0 Å². The van der Waals surface area contributed by atoms with Gasteiger partial charge in [-0.25, -0.2) is 4.79 Å². The number of hydrogen-bond acceptors (Lipinski definition) is 4. The minimum absolute atomic E-state index is 0.326. The Labute approximate surface area is 138 Å². The first kappa shape index (κ1) is 15.2. The molecule has 0 aliphatic heterocycles. The van der Waals surface area contributed by atoms with Crippen molar-refractivity contribution in [2.24, 2.45) is 0 Å². The Morgan fingerprint density at radius 1 is 1.09 bits per heavy atom. The first-order chi connectivity index (χ1) is 11.3. The second-order valence-corrected chi connectivity index (χ2v) is 5.83. The lowest BCUT2D eigenvalue weighted by Gasteiger charge is -2.01. The normalized spacial score (nSPS) is 10.8. The quantitative estimate of drug-likeness (QED) is 0.513. The molecule has 0 radical (unpaired) electrons. The number of methoxy groups -OCH3 is 1. The number of carbonyl (C=O) groups is 1.